The van der Waals surface area contributed by atoms with Gasteiger partial charge in [-0.3, -0.25) is 15.0 Å². The van der Waals surface area contributed by atoms with Crippen LogP contribution in [0.1, 0.15) is 12.8 Å². The Morgan fingerprint density at radius 3 is 2.33 bits per heavy atom. The normalized spacial score (nSPS) is 44.2. The monoisotopic (exact) mass is 274 g/mol. The number of hydrogen-bond acceptors (Lipinski definition) is 7. The predicted molar refractivity (Wildman–Crippen MR) is 63.8 cm³/mol. The van der Waals surface area contributed by atoms with E-state index in [-0.39, 0.29) is 23.4 Å². The van der Waals surface area contributed by atoms with Crippen LogP contribution in [-0.2, 0) is 14.3 Å². The fourth-order valence-corrected chi connectivity index (χ4v) is 5.10. The van der Waals surface area contributed by atoms with E-state index in [0.29, 0.717) is 13.1 Å². The minimum absolute atomic E-state index is 0.118. The van der Waals surface area contributed by atoms with Crippen molar-refractivity contribution >= 4 is 10.1 Å². The third-order valence-electron chi connectivity index (χ3n) is 4.55. The van der Waals surface area contributed by atoms with E-state index in [2.05, 4.69) is 15.9 Å². The third kappa shape index (κ3) is 1.57. The highest BCUT2D eigenvalue weighted by Gasteiger charge is 2.53. The van der Waals surface area contributed by atoms with Crippen molar-refractivity contribution in [3.8, 4) is 0 Å². The third-order valence-corrected chi connectivity index (χ3v) is 6.27. The molecule has 0 amide bonds. The van der Waals surface area contributed by atoms with E-state index in [1.165, 1.54) is 0 Å². The molecule has 4 saturated heterocycles. The first-order chi connectivity index (χ1) is 8.65. The summed E-state index contributed by atoms with van der Waals surface area (Å²) in [5.41, 5.74) is 6.38. The Morgan fingerprint density at radius 1 is 1.00 bits per heavy atom. The molecule has 4 unspecified atom stereocenters. The van der Waals surface area contributed by atoms with Gasteiger partial charge in [0.2, 0.25) is 0 Å². The zero-order chi connectivity index (χ0) is 12.3. The molecule has 4 rings (SSSR count). The lowest BCUT2D eigenvalue weighted by atomic mass is 10.0. The van der Waals surface area contributed by atoms with Crippen LogP contribution in [0.4, 0.5) is 0 Å². The summed E-state index contributed by atoms with van der Waals surface area (Å²) in [4.78, 5) is 0. The number of hydrogen-bond donors (Lipinski definition) is 2. The van der Waals surface area contributed by atoms with Gasteiger partial charge in [0, 0.05) is 32.2 Å². The highest BCUT2D eigenvalue weighted by atomic mass is 32.2. The van der Waals surface area contributed by atoms with Crippen molar-refractivity contribution in [3.05, 3.63) is 0 Å². The Kier molecular flexibility index (Phi) is 2.49. The molecule has 102 valence electrons. The van der Waals surface area contributed by atoms with E-state index in [0.717, 1.165) is 25.9 Å². The lowest BCUT2D eigenvalue weighted by Gasteiger charge is -2.45. The van der Waals surface area contributed by atoms with Crippen molar-refractivity contribution in [1.82, 2.24) is 20.9 Å². The zero-order valence-electron chi connectivity index (χ0n) is 10.1. The van der Waals surface area contributed by atoms with E-state index in [4.69, 9.17) is 4.18 Å². The summed E-state index contributed by atoms with van der Waals surface area (Å²) in [6.45, 7) is 3.05. The van der Waals surface area contributed by atoms with Crippen molar-refractivity contribution in [3.63, 3.8) is 0 Å². The van der Waals surface area contributed by atoms with Gasteiger partial charge in [0.05, 0.1) is 6.04 Å². The molecule has 0 saturated carbocycles. The lowest BCUT2D eigenvalue weighted by Crippen LogP contribution is -2.66. The highest BCUT2D eigenvalue weighted by molar-refractivity contribution is 7.87. The number of fused-ring (bicyclic) bond motifs is 2. The lowest BCUT2D eigenvalue weighted by molar-refractivity contribution is -0.0440. The average molecular weight is 274 g/mol. The van der Waals surface area contributed by atoms with Crippen LogP contribution in [0.5, 0.6) is 0 Å². The average Bonchev–Trinajstić information content (AvgIpc) is 2.80. The zero-order valence-corrected chi connectivity index (χ0v) is 10.9. The first-order valence-electron chi connectivity index (χ1n) is 6.57. The first-order valence-corrected chi connectivity index (χ1v) is 8.05. The molecule has 0 aromatic rings. The number of rotatable bonds is 3. The number of nitrogens with one attached hydrogen (secondary N) is 2. The molecule has 0 bridgehead atoms. The van der Waals surface area contributed by atoms with Crippen LogP contribution in [0.2, 0.25) is 0 Å². The van der Waals surface area contributed by atoms with Gasteiger partial charge in [-0.05, 0) is 12.8 Å². The van der Waals surface area contributed by atoms with Crippen molar-refractivity contribution in [2.24, 2.45) is 0 Å². The van der Waals surface area contributed by atoms with Crippen LogP contribution in [0.25, 0.3) is 0 Å². The summed E-state index contributed by atoms with van der Waals surface area (Å²) in [5, 5.41) is 3.75. The van der Waals surface area contributed by atoms with Crippen LogP contribution in [-0.4, -0.2) is 68.1 Å². The summed E-state index contributed by atoms with van der Waals surface area (Å²) in [7, 11) is -3.41. The number of nitrogens with zero attached hydrogens (tertiary/aromatic N) is 2. The second-order valence-corrected chi connectivity index (χ2v) is 7.28. The second-order valence-electron chi connectivity index (χ2n) is 5.50. The molecular weight excluding hydrogens is 256 g/mol. The molecule has 7 nitrogen and oxygen atoms in total. The van der Waals surface area contributed by atoms with Gasteiger partial charge in [-0.25, -0.2) is 10.0 Å². The van der Waals surface area contributed by atoms with Crippen LogP contribution in [0.3, 0.4) is 0 Å². The summed E-state index contributed by atoms with van der Waals surface area (Å²) < 4.78 is 29.9. The van der Waals surface area contributed by atoms with Crippen molar-refractivity contribution in [2.75, 3.05) is 26.2 Å². The quantitative estimate of drug-likeness (QED) is 0.592. The van der Waals surface area contributed by atoms with E-state index >= 15 is 0 Å². The molecule has 18 heavy (non-hydrogen) atoms. The van der Waals surface area contributed by atoms with Gasteiger partial charge < -0.3 is 0 Å². The fraction of sp³-hybridized carbons (Fsp3) is 1.00. The smallest absolute Gasteiger partial charge is 0.263 e. The minimum atomic E-state index is -3.41. The Bertz CT molecular complexity index is 456. The summed E-state index contributed by atoms with van der Waals surface area (Å²) in [6, 6.07) is 0.366. The highest BCUT2D eigenvalue weighted by Crippen LogP contribution is 2.33. The Balaban J connectivity index is 1.41. The molecule has 4 fully saturated rings. The van der Waals surface area contributed by atoms with E-state index in [9.17, 15) is 8.42 Å². The molecule has 0 radical (unpaired) electrons. The number of hydrazine groups is 2. The topological polar surface area (TPSA) is 73.9 Å². The summed E-state index contributed by atoms with van der Waals surface area (Å²) in [5.74, 6) is 0. The molecule has 4 aliphatic rings. The molecule has 0 aromatic carbocycles. The molecule has 0 aliphatic carbocycles. The summed E-state index contributed by atoms with van der Waals surface area (Å²) >= 11 is 0. The maximum Gasteiger partial charge on any atom is 0.273 e. The van der Waals surface area contributed by atoms with Crippen LogP contribution >= 0.6 is 0 Å². The Hall–Kier alpha value is -0.250. The largest absolute Gasteiger partial charge is 0.273 e. The molecule has 8 heteroatoms. The van der Waals surface area contributed by atoms with E-state index in [1.54, 1.807) is 0 Å². The van der Waals surface area contributed by atoms with Gasteiger partial charge in [0.25, 0.3) is 10.1 Å². The second kappa shape index (κ2) is 3.87. The van der Waals surface area contributed by atoms with Crippen molar-refractivity contribution in [2.45, 2.75) is 36.3 Å². The maximum atomic E-state index is 12.2. The van der Waals surface area contributed by atoms with Crippen molar-refractivity contribution in [1.29, 1.82) is 0 Å². The van der Waals surface area contributed by atoms with Crippen LogP contribution < -0.4 is 10.9 Å². The molecule has 0 aromatic heterocycles. The summed E-state index contributed by atoms with van der Waals surface area (Å²) in [6.07, 6.45) is 1.73. The first kappa shape index (κ1) is 11.6. The molecule has 4 atom stereocenters. The van der Waals surface area contributed by atoms with E-state index in [1.807, 2.05) is 5.01 Å². The van der Waals surface area contributed by atoms with Gasteiger partial charge in [0.1, 0.15) is 11.4 Å². The van der Waals surface area contributed by atoms with E-state index < -0.39 is 10.1 Å². The molecule has 0 spiro atoms. The standard InChI is InChI=1S/C10H18N4O3S/c15-18(16,10-6-14-8(10)2-4-12-14)17-9-5-13-7(9)1-3-11-13/h7-12H,1-6H2. The maximum absolute atomic E-state index is 12.2. The van der Waals surface area contributed by atoms with Gasteiger partial charge in [-0.15, -0.1) is 0 Å². The predicted octanol–water partition coefficient (Wildman–Crippen LogP) is -1.74. The Labute approximate surface area is 107 Å². The molecule has 2 N–H and O–H groups in total. The molecular formula is C10H18N4O3S. The van der Waals surface area contributed by atoms with Crippen molar-refractivity contribution < 1.29 is 12.6 Å². The van der Waals surface area contributed by atoms with Gasteiger partial charge in [-0.1, -0.05) is 0 Å². The van der Waals surface area contributed by atoms with Crippen LogP contribution in [0, 0.1) is 0 Å². The molecule has 4 heterocycles. The fourth-order valence-electron chi connectivity index (χ4n) is 3.41. The molecule has 4 aliphatic heterocycles. The Morgan fingerprint density at radius 2 is 1.67 bits per heavy atom. The SMILES string of the molecule is O=S(=O)(OC1CN2NCCC12)C1CN2NCCC12. The van der Waals surface area contributed by atoms with Crippen LogP contribution in [0.15, 0.2) is 0 Å². The van der Waals surface area contributed by atoms with Gasteiger partial charge >= 0.3 is 0 Å². The van der Waals surface area contributed by atoms with Gasteiger partial charge in [-0.2, -0.15) is 8.42 Å². The minimum Gasteiger partial charge on any atom is -0.263 e. The van der Waals surface area contributed by atoms with Gasteiger partial charge in [0.15, 0.2) is 0 Å².